The van der Waals surface area contributed by atoms with Crippen LogP contribution in [0.25, 0.3) is 6.08 Å². The van der Waals surface area contributed by atoms with Crippen LogP contribution in [-0.4, -0.2) is 24.4 Å². The second kappa shape index (κ2) is 11.4. The Hall–Kier alpha value is -4.04. The lowest BCUT2D eigenvalue weighted by molar-refractivity contribution is -0.129. The molecule has 0 atom stereocenters. The van der Waals surface area contributed by atoms with Gasteiger partial charge in [-0.1, -0.05) is 30.3 Å². The molecule has 2 N–H and O–H groups in total. The summed E-state index contributed by atoms with van der Waals surface area (Å²) in [6, 6.07) is 20.2. The molecule has 0 unspecified atom stereocenters. The molecular weight excluding hydrogens is 429 g/mol. The molecule has 0 aliphatic rings. The van der Waals surface area contributed by atoms with Crippen LogP contribution in [0.3, 0.4) is 0 Å². The van der Waals surface area contributed by atoms with Crippen LogP contribution in [-0.2, 0) is 4.79 Å². The van der Waals surface area contributed by atoms with E-state index in [1.807, 2.05) is 30.3 Å². The fraction of sp³-hybridized carbons (Fsp3) is 0.0417. The number of nitrogens with one attached hydrogen (secondary N) is 2. The second-order valence-electron chi connectivity index (χ2n) is 6.41. The van der Waals surface area contributed by atoms with Crippen LogP contribution >= 0.6 is 12.2 Å². The Balaban J connectivity index is 1.57. The van der Waals surface area contributed by atoms with Gasteiger partial charge in [-0.05, 0) is 71.9 Å². The van der Waals surface area contributed by atoms with Crippen LogP contribution in [0.4, 0.5) is 10.1 Å². The van der Waals surface area contributed by atoms with Gasteiger partial charge in [0.15, 0.2) is 16.6 Å². The summed E-state index contributed by atoms with van der Waals surface area (Å²) < 4.78 is 23.6. The monoisotopic (exact) mass is 449 g/mol. The summed E-state index contributed by atoms with van der Waals surface area (Å²) in [4.78, 5) is 12.1. The molecule has 8 heteroatoms. The minimum Gasteiger partial charge on any atom is -0.493 e. The number of benzene rings is 3. The molecule has 0 radical (unpaired) electrons. The summed E-state index contributed by atoms with van der Waals surface area (Å²) in [6.07, 6.45) is 4.55. The molecule has 0 aromatic heterocycles. The van der Waals surface area contributed by atoms with Crippen LogP contribution in [0.1, 0.15) is 11.1 Å². The van der Waals surface area contributed by atoms with E-state index in [1.165, 1.54) is 31.5 Å². The molecule has 0 spiro atoms. The molecule has 0 aliphatic heterocycles. The molecule has 162 valence electrons. The zero-order valence-electron chi connectivity index (χ0n) is 17.1. The van der Waals surface area contributed by atoms with Crippen LogP contribution in [0.5, 0.6) is 11.5 Å². The van der Waals surface area contributed by atoms with Gasteiger partial charge in [-0.3, -0.25) is 5.43 Å². The van der Waals surface area contributed by atoms with Crippen molar-refractivity contribution in [2.75, 3.05) is 12.4 Å². The van der Waals surface area contributed by atoms with Gasteiger partial charge >= 0.3 is 5.97 Å². The number of carbonyl (C=O) groups is 1. The number of hydrogen-bond acceptors (Lipinski definition) is 5. The van der Waals surface area contributed by atoms with Crippen LogP contribution in [0.15, 0.2) is 84.0 Å². The number of anilines is 1. The maximum atomic E-state index is 12.9. The molecule has 0 aliphatic carbocycles. The third-order valence-electron chi connectivity index (χ3n) is 4.09. The largest absolute Gasteiger partial charge is 0.493 e. The Morgan fingerprint density at radius 3 is 2.47 bits per heavy atom. The quantitative estimate of drug-likeness (QED) is 0.135. The summed E-state index contributed by atoms with van der Waals surface area (Å²) in [6.45, 7) is 0. The number of thiocarbonyl (C=S) groups is 1. The molecule has 0 amide bonds. The van der Waals surface area contributed by atoms with Crippen LogP contribution < -0.4 is 20.2 Å². The van der Waals surface area contributed by atoms with Crippen molar-refractivity contribution in [2.24, 2.45) is 5.10 Å². The van der Waals surface area contributed by atoms with Gasteiger partial charge < -0.3 is 14.8 Å². The Labute approximate surface area is 190 Å². The second-order valence-corrected chi connectivity index (χ2v) is 6.81. The van der Waals surface area contributed by atoms with E-state index in [0.29, 0.717) is 17.0 Å². The fourth-order valence-corrected chi connectivity index (χ4v) is 2.75. The molecule has 6 nitrogen and oxygen atoms in total. The minimum atomic E-state index is -0.521. The molecule has 3 aromatic carbocycles. The van der Waals surface area contributed by atoms with Gasteiger partial charge in [-0.15, -0.1) is 0 Å². The maximum absolute atomic E-state index is 12.9. The number of methoxy groups -OCH3 is 1. The molecule has 3 rings (SSSR count). The molecule has 0 bridgehead atoms. The van der Waals surface area contributed by atoms with E-state index >= 15 is 0 Å². The van der Waals surface area contributed by atoms with Crippen molar-refractivity contribution in [3.8, 4) is 11.5 Å². The first-order chi connectivity index (χ1) is 15.5. The number of hydrazone groups is 1. The van der Waals surface area contributed by atoms with Crippen molar-refractivity contribution in [2.45, 2.75) is 0 Å². The summed E-state index contributed by atoms with van der Waals surface area (Å²) in [5, 5.41) is 7.19. The summed E-state index contributed by atoms with van der Waals surface area (Å²) in [5.41, 5.74) is 4.89. The molecule has 32 heavy (non-hydrogen) atoms. The van der Waals surface area contributed by atoms with Crippen LogP contribution in [0, 0.1) is 5.82 Å². The predicted molar refractivity (Wildman–Crippen MR) is 127 cm³/mol. The van der Waals surface area contributed by atoms with E-state index in [9.17, 15) is 9.18 Å². The third kappa shape index (κ3) is 7.03. The maximum Gasteiger partial charge on any atom is 0.336 e. The van der Waals surface area contributed by atoms with E-state index in [0.717, 1.165) is 5.56 Å². The number of rotatable bonds is 7. The number of carbonyl (C=O) groups excluding carboxylic acids is 1. The Morgan fingerprint density at radius 2 is 1.75 bits per heavy atom. The highest BCUT2D eigenvalue weighted by molar-refractivity contribution is 7.80. The zero-order chi connectivity index (χ0) is 22.8. The van der Waals surface area contributed by atoms with Crippen molar-refractivity contribution in [1.82, 2.24) is 5.43 Å². The predicted octanol–water partition coefficient (Wildman–Crippen LogP) is 4.77. The summed E-state index contributed by atoms with van der Waals surface area (Å²) in [7, 11) is 1.48. The minimum absolute atomic E-state index is 0.246. The Morgan fingerprint density at radius 1 is 1.00 bits per heavy atom. The van der Waals surface area contributed by atoms with Gasteiger partial charge in [0.05, 0.1) is 13.3 Å². The van der Waals surface area contributed by atoms with E-state index in [1.54, 1.807) is 36.4 Å². The number of esters is 1. The van der Waals surface area contributed by atoms with Gasteiger partial charge in [-0.25, -0.2) is 9.18 Å². The van der Waals surface area contributed by atoms with E-state index in [-0.39, 0.29) is 16.7 Å². The summed E-state index contributed by atoms with van der Waals surface area (Å²) >= 11 is 5.14. The number of halogens is 1. The highest BCUT2D eigenvalue weighted by Gasteiger charge is 2.09. The summed E-state index contributed by atoms with van der Waals surface area (Å²) in [5.74, 6) is -0.188. The highest BCUT2D eigenvalue weighted by atomic mass is 32.1. The molecule has 3 aromatic rings. The average Bonchev–Trinajstić information content (AvgIpc) is 2.81. The topological polar surface area (TPSA) is 71.9 Å². The zero-order valence-corrected chi connectivity index (χ0v) is 17.9. The number of nitrogens with zero attached hydrogens (tertiary/aromatic N) is 1. The lowest BCUT2D eigenvalue weighted by atomic mass is 10.2. The van der Waals surface area contributed by atoms with Crippen molar-refractivity contribution in [3.05, 3.63) is 95.8 Å². The normalized spacial score (nSPS) is 10.8. The van der Waals surface area contributed by atoms with E-state index in [2.05, 4.69) is 15.8 Å². The lowest BCUT2D eigenvalue weighted by Crippen LogP contribution is -2.23. The van der Waals surface area contributed by atoms with Crippen molar-refractivity contribution >= 4 is 41.3 Å². The van der Waals surface area contributed by atoms with Crippen LogP contribution in [0.2, 0.25) is 0 Å². The SMILES string of the molecule is COc1cc(/C=N\NC(=S)Nc2ccc(F)cc2)ccc1OC(=O)/C=C/c1ccccc1. The highest BCUT2D eigenvalue weighted by Crippen LogP contribution is 2.27. The standard InChI is InChI=1S/C24H20FN3O3S/c1-30-22-15-18(16-26-28-24(32)27-20-11-9-19(25)10-12-20)7-13-21(22)31-23(29)14-8-17-5-3-2-4-6-17/h2-16H,1H3,(H2,27,28,32)/b14-8+,26-16-. The first-order valence-corrected chi connectivity index (χ1v) is 9.93. The number of hydrogen-bond donors (Lipinski definition) is 2. The van der Waals surface area contributed by atoms with E-state index in [4.69, 9.17) is 21.7 Å². The molecule has 0 heterocycles. The molecule has 0 saturated carbocycles. The first kappa shape index (κ1) is 22.6. The molecule has 0 saturated heterocycles. The third-order valence-corrected chi connectivity index (χ3v) is 4.28. The Bertz CT molecular complexity index is 1130. The van der Waals surface area contributed by atoms with Crippen molar-refractivity contribution in [3.63, 3.8) is 0 Å². The van der Waals surface area contributed by atoms with Crippen molar-refractivity contribution < 1.29 is 18.7 Å². The fourth-order valence-electron chi connectivity index (χ4n) is 2.58. The van der Waals surface area contributed by atoms with Gasteiger partial charge in [-0.2, -0.15) is 5.10 Å². The van der Waals surface area contributed by atoms with Crippen molar-refractivity contribution in [1.29, 1.82) is 0 Å². The Kier molecular flexibility index (Phi) is 8.05. The molecular formula is C24H20FN3O3S. The smallest absolute Gasteiger partial charge is 0.336 e. The lowest BCUT2D eigenvalue weighted by Gasteiger charge is -2.09. The first-order valence-electron chi connectivity index (χ1n) is 9.52. The van der Waals surface area contributed by atoms with Gasteiger partial charge in [0.25, 0.3) is 0 Å². The molecule has 0 fully saturated rings. The van der Waals surface area contributed by atoms with Gasteiger partial charge in [0, 0.05) is 11.8 Å². The van der Waals surface area contributed by atoms with Gasteiger partial charge in [0.1, 0.15) is 5.82 Å². The van der Waals surface area contributed by atoms with E-state index < -0.39 is 5.97 Å². The average molecular weight is 450 g/mol. The van der Waals surface area contributed by atoms with Gasteiger partial charge in [0.2, 0.25) is 0 Å². The number of ether oxygens (including phenoxy) is 2.